The van der Waals surface area contributed by atoms with E-state index in [-0.39, 0.29) is 0 Å². The average Bonchev–Trinajstić information content (AvgIpc) is 2.85. The normalized spacial score (nSPS) is 10.8. The van der Waals surface area contributed by atoms with Gasteiger partial charge in [-0.05, 0) is 23.8 Å². The number of anilines is 1. The number of para-hydroxylation sites is 2. The van der Waals surface area contributed by atoms with E-state index in [1.807, 2.05) is 60.5 Å². The molecule has 0 amide bonds. The van der Waals surface area contributed by atoms with Crippen molar-refractivity contribution in [1.82, 2.24) is 4.98 Å². The van der Waals surface area contributed by atoms with Gasteiger partial charge in [-0.25, -0.2) is 0 Å². The van der Waals surface area contributed by atoms with Gasteiger partial charge in [0.1, 0.15) is 5.52 Å². The quantitative estimate of drug-likeness (QED) is 0.718. The fourth-order valence-corrected chi connectivity index (χ4v) is 2.17. The minimum absolute atomic E-state index is 0.598. The van der Waals surface area contributed by atoms with Crippen molar-refractivity contribution in [2.75, 3.05) is 11.9 Å². The molecule has 2 aromatic carbocycles. The highest BCUT2D eigenvalue weighted by molar-refractivity contribution is 6.31. The van der Waals surface area contributed by atoms with Crippen molar-refractivity contribution in [3.8, 4) is 0 Å². The van der Waals surface area contributed by atoms with Crippen LogP contribution >= 0.6 is 11.6 Å². The zero-order valence-electron chi connectivity index (χ0n) is 10.5. The van der Waals surface area contributed by atoms with Crippen LogP contribution in [0.5, 0.6) is 0 Å². The molecule has 4 heteroatoms. The Balaban J connectivity index is 1.87. The molecule has 0 saturated carbocycles. The minimum atomic E-state index is 0.598. The van der Waals surface area contributed by atoms with Gasteiger partial charge >= 0.3 is 0 Å². The predicted octanol–water partition coefficient (Wildman–Crippen LogP) is 4.12. The number of oxazole rings is 1. The Hall–Kier alpha value is -2.00. The fourth-order valence-electron chi connectivity index (χ4n) is 1.97. The van der Waals surface area contributed by atoms with Crippen LogP contribution in [0, 0.1) is 0 Å². The summed E-state index contributed by atoms with van der Waals surface area (Å²) in [6, 6.07) is 16.1. The molecule has 0 aliphatic heterocycles. The largest absolute Gasteiger partial charge is 0.423 e. The summed E-state index contributed by atoms with van der Waals surface area (Å²) >= 11 is 6.16. The van der Waals surface area contributed by atoms with Crippen LogP contribution in [0.4, 0.5) is 6.01 Å². The number of nitrogens with zero attached hydrogens (tertiary/aromatic N) is 2. The van der Waals surface area contributed by atoms with Crippen molar-refractivity contribution in [2.45, 2.75) is 6.54 Å². The minimum Gasteiger partial charge on any atom is -0.423 e. The van der Waals surface area contributed by atoms with Crippen molar-refractivity contribution in [3.63, 3.8) is 0 Å². The molecule has 1 aromatic heterocycles. The average molecular weight is 273 g/mol. The standard InChI is InChI=1S/C15H13ClN2O/c1-18(10-11-6-2-3-7-12(11)16)15-17-13-8-4-5-9-14(13)19-15/h2-9H,10H2,1H3. The smallest absolute Gasteiger partial charge is 0.298 e. The first kappa shape index (κ1) is 12.1. The maximum Gasteiger partial charge on any atom is 0.298 e. The highest BCUT2D eigenvalue weighted by atomic mass is 35.5. The molecule has 19 heavy (non-hydrogen) atoms. The van der Waals surface area contributed by atoms with Gasteiger partial charge < -0.3 is 9.32 Å². The summed E-state index contributed by atoms with van der Waals surface area (Å²) in [5, 5.41) is 0.755. The molecule has 3 nitrogen and oxygen atoms in total. The molecule has 0 unspecified atom stereocenters. The lowest BCUT2D eigenvalue weighted by Crippen LogP contribution is -2.16. The van der Waals surface area contributed by atoms with Crippen molar-refractivity contribution in [2.24, 2.45) is 0 Å². The number of fused-ring (bicyclic) bond motifs is 1. The maximum absolute atomic E-state index is 6.16. The summed E-state index contributed by atoms with van der Waals surface area (Å²) in [6.45, 7) is 0.659. The molecule has 0 aliphatic rings. The molecule has 0 bridgehead atoms. The molecular formula is C15H13ClN2O. The van der Waals surface area contributed by atoms with Crippen LogP contribution in [-0.4, -0.2) is 12.0 Å². The van der Waals surface area contributed by atoms with E-state index in [2.05, 4.69) is 4.98 Å². The number of benzene rings is 2. The summed E-state index contributed by atoms with van der Waals surface area (Å²) in [6.07, 6.45) is 0. The summed E-state index contributed by atoms with van der Waals surface area (Å²) in [5.74, 6) is 0. The molecule has 0 fully saturated rings. The first-order chi connectivity index (χ1) is 9.24. The molecule has 0 aliphatic carbocycles. The van der Waals surface area contributed by atoms with Gasteiger partial charge in [0.25, 0.3) is 6.01 Å². The van der Waals surface area contributed by atoms with Crippen LogP contribution in [0.3, 0.4) is 0 Å². The highest BCUT2D eigenvalue weighted by Crippen LogP contribution is 2.23. The van der Waals surface area contributed by atoms with Crippen LogP contribution in [0.25, 0.3) is 11.1 Å². The number of hydrogen-bond acceptors (Lipinski definition) is 3. The van der Waals surface area contributed by atoms with Crippen molar-refractivity contribution < 1.29 is 4.42 Å². The lowest BCUT2D eigenvalue weighted by Gasteiger charge is -2.15. The predicted molar refractivity (Wildman–Crippen MR) is 77.6 cm³/mol. The molecular weight excluding hydrogens is 260 g/mol. The van der Waals surface area contributed by atoms with Gasteiger partial charge in [0.2, 0.25) is 0 Å². The third-order valence-corrected chi connectivity index (χ3v) is 3.34. The molecule has 0 atom stereocenters. The van der Waals surface area contributed by atoms with Gasteiger partial charge in [0.05, 0.1) is 0 Å². The molecule has 3 rings (SSSR count). The van der Waals surface area contributed by atoms with E-state index in [1.165, 1.54) is 0 Å². The zero-order chi connectivity index (χ0) is 13.2. The third kappa shape index (κ3) is 2.42. The second-order valence-electron chi connectivity index (χ2n) is 4.41. The first-order valence-electron chi connectivity index (χ1n) is 6.04. The Kier molecular flexibility index (Phi) is 3.13. The van der Waals surface area contributed by atoms with Crippen molar-refractivity contribution >= 4 is 28.7 Å². The molecule has 1 heterocycles. The zero-order valence-corrected chi connectivity index (χ0v) is 11.3. The highest BCUT2D eigenvalue weighted by Gasteiger charge is 2.11. The van der Waals surface area contributed by atoms with E-state index < -0.39 is 0 Å². The monoisotopic (exact) mass is 272 g/mol. The van der Waals surface area contributed by atoms with E-state index in [1.54, 1.807) is 0 Å². The molecule has 96 valence electrons. The van der Waals surface area contributed by atoms with E-state index in [4.69, 9.17) is 16.0 Å². The Morgan fingerprint density at radius 3 is 2.63 bits per heavy atom. The lowest BCUT2D eigenvalue weighted by atomic mass is 10.2. The van der Waals surface area contributed by atoms with E-state index in [0.29, 0.717) is 12.6 Å². The molecule has 3 aromatic rings. The van der Waals surface area contributed by atoms with Crippen LogP contribution in [-0.2, 0) is 6.54 Å². The summed E-state index contributed by atoms with van der Waals surface area (Å²) in [4.78, 5) is 6.40. The molecule has 0 saturated heterocycles. The van der Waals surface area contributed by atoms with Crippen molar-refractivity contribution in [3.05, 3.63) is 59.1 Å². The summed E-state index contributed by atoms with van der Waals surface area (Å²) < 4.78 is 5.71. The number of hydrogen-bond donors (Lipinski definition) is 0. The van der Waals surface area contributed by atoms with Crippen LogP contribution in [0.1, 0.15) is 5.56 Å². The number of rotatable bonds is 3. The van der Waals surface area contributed by atoms with Gasteiger partial charge in [-0.2, -0.15) is 4.98 Å². The van der Waals surface area contributed by atoms with Crippen LogP contribution < -0.4 is 4.90 Å². The number of halogens is 1. The second kappa shape index (κ2) is 4.94. The van der Waals surface area contributed by atoms with Gasteiger partial charge in [-0.3, -0.25) is 0 Å². The van der Waals surface area contributed by atoms with Gasteiger partial charge in [0.15, 0.2) is 5.58 Å². The Labute approximate surface area is 116 Å². The fraction of sp³-hybridized carbons (Fsp3) is 0.133. The maximum atomic E-state index is 6.16. The molecule has 0 N–H and O–H groups in total. The van der Waals surface area contributed by atoms with Gasteiger partial charge in [0, 0.05) is 18.6 Å². The van der Waals surface area contributed by atoms with E-state index in [0.717, 1.165) is 21.7 Å². The summed E-state index contributed by atoms with van der Waals surface area (Å²) in [5.41, 5.74) is 2.71. The Morgan fingerprint density at radius 1 is 1.11 bits per heavy atom. The Bertz CT molecular complexity index is 675. The first-order valence-corrected chi connectivity index (χ1v) is 6.42. The number of aromatic nitrogens is 1. The van der Waals surface area contributed by atoms with Crippen molar-refractivity contribution in [1.29, 1.82) is 0 Å². The lowest BCUT2D eigenvalue weighted by molar-refractivity contribution is 0.582. The SMILES string of the molecule is CN(Cc1ccccc1Cl)c1nc2ccccc2o1. The second-order valence-corrected chi connectivity index (χ2v) is 4.82. The van der Waals surface area contributed by atoms with Crippen LogP contribution in [0.2, 0.25) is 5.02 Å². The summed E-state index contributed by atoms with van der Waals surface area (Å²) in [7, 11) is 1.94. The van der Waals surface area contributed by atoms with Gasteiger partial charge in [-0.1, -0.05) is 41.9 Å². The molecule has 0 radical (unpaired) electrons. The van der Waals surface area contributed by atoms with E-state index >= 15 is 0 Å². The Morgan fingerprint density at radius 2 is 1.84 bits per heavy atom. The topological polar surface area (TPSA) is 29.3 Å². The van der Waals surface area contributed by atoms with Gasteiger partial charge in [-0.15, -0.1) is 0 Å². The third-order valence-electron chi connectivity index (χ3n) is 2.97. The van der Waals surface area contributed by atoms with Crippen LogP contribution in [0.15, 0.2) is 52.9 Å². The molecule has 0 spiro atoms. The van der Waals surface area contributed by atoms with E-state index in [9.17, 15) is 0 Å².